The highest BCUT2D eigenvalue weighted by molar-refractivity contribution is 5.93. The van der Waals surface area contributed by atoms with Crippen molar-refractivity contribution >= 4 is 11.9 Å². The van der Waals surface area contributed by atoms with Gasteiger partial charge in [-0.25, -0.2) is 0 Å². The first-order valence-electron chi connectivity index (χ1n) is 6.16. The highest BCUT2D eigenvalue weighted by atomic mass is 16.6. The molecule has 0 radical (unpaired) electrons. The van der Waals surface area contributed by atoms with Gasteiger partial charge >= 0.3 is 11.9 Å². The first-order valence-corrected chi connectivity index (χ1v) is 6.16. The SMILES string of the molecule is CCCCCCC(C(=O)O)C(=O)OCC1CO1. The topological polar surface area (TPSA) is 76.1 Å². The van der Waals surface area contributed by atoms with E-state index in [1.165, 1.54) is 0 Å². The minimum Gasteiger partial charge on any atom is -0.481 e. The van der Waals surface area contributed by atoms with Crippen molar-refractivity contribution in [2.24, 2.45) is 5.92 Å². The van der Waals surface area contributed by atoms with E-state index < -0.39 is 17.9 Å². The molecule has 0 aromatic heterocycles. The number of hydrogen-bond acceptors (Lipinski definition) is 4. The molecule has 0 spiro atoms. The summed E-state index contributed by atoms with van der Waals surface area (Å²) in [4.78, 5) is 22.5. The molecule has 2 atom stereocenters. The predicted molar refractivity (Wildman–Crippen MR) is 60.6 cm³/mol. The maximum Gasteiger partial charge on any atom is 0.320 e. The summed E-state index contributed by atoms with van der Waals surface area (Å²) in [5.41, 5.74) is 0. The zero-order valence-electron chi connectivity index (χ0n) is 10.2. The lowest BCUT2D eigenvalue weighted by molar-refractivity contribution is -0.159. The van der Waals surface area contributed by atoms with Gasteiger partial charge in [-0.1, -0.05) is 32.6 Å². The Morgan fingerprint density at radius 3 is 2.65 bits per heavy atom. The highest BCUT2D eigenvalue weighted by Crippen LogP contribution is 2.15. The third kappa shape index (κ3) is 5.68. The Labute approximate surface area is 101 Å². The van der Waals surface area contributed by atoms with Crippen LogP contribution in [0.3, 0.4) is 0 Å². The van der Waals surface area contributed by atoms with Crippen LogP contribution in [0.15, 0.2) is 0 Å². The van der Waals surface area contributed by atoms with Crippen LogP contribution in [0.4, 0.5) is 0 Å². The average Bonchev–Trinajstić information content (AvgIpc) is 3.09. The number of hydrogen-bond donors (Lipinski definition) is 1. The Balaban J connectivity index is 2.24. The largest absolute Gasteiger partial charge is 0.481 e. The zero-order valence-corrected chi connectivity index (χ0v) is 10.2. The predicted octanol–water partition coefficient (Wildman–Crippen LogP) is 1.60. The molecule has 0 saturated carbocycles. The molecule has 17 heavy (non-hydrogen) atoms. The van der Waals surface area contributed by atoms with E-state index in [2.05, 4.69) is 6.92 Å². The summed E-state index contributed by atoms with van der Waals surface area (Å²) in [7, 11) is 0. The monoisotopic (exact) mass is 244 g/mol. The number of carboxylic acids is 1. The Bertz CT molecular complexity index is 260. The molecule has 1 rings (SSSR count). The van der Waals surface area contributed by atoms with E-state index >= 15 is 0 Å². The molecule has 1 fully saturated rings. The molecular weight excluding hydrogens is 224 g/mol. The van der Waals surface area contributed by atoms with E-state index in [4.69, 9.17) is 14.6 Å². The van der Waals surface area contributed by atoms with Gasteiger partial charge in [0.05, 0.1) is 6.61 Å². The maximum atomic E-state index is 11.5. The molecule has 0 amide bonds. The molecule has 1 saturated heterocycles. The summed E-state index contributed by atoms with van der Waals surface area (Å²) in [6.07, 6.45) is 4.20. The average molecular weight is 244 g/mol. The number of esters is 1. The van der Waals surface area contributed by atoms with Crippen molar-refractivity contribution < 1.29 is 24.2 Å². The van der Waals surface area contributed by atoms with Crippen LogP contribution >= 0.6 is 0 Å². The van der Waals surface area contributed by atoms with Gasteiger partial charge in [-0.2, -0.15) is 0 Å². The van der Waals surface area contributed by atoms with Crippen LogP contribution in [0, 0.1) is 5.92 Å². The minimum absolute atomic E-state index is 0.0199. The Morgan fingerprint density at radius 1 is 1.41 bits per heavy atom. The molecule has 5 nitrogen and oxygen atoms in total. The van der Waals surface area contributed by atoms with Crippen LogP contribution in [0.25, 0.3) is 0 Å². The molecule has 98 valence electrons. The first-order chi connectivity index (χ1) is 8.15. The van der Waals surface area contributed by atoms with Crippen LogP contribution in [-0.4, -0.2) is 36.4 Å². The Kier molecular flexibility index (Phi) is 5.97. The fourth-order valence-electron chi connectivity index (χ4n) is 1.56. The third-order valence-corrected chi connectivity index (χ3v) is 2.74. The van der Waals surface area contributed by atoms with Crippen molar-refractivity contribution in [2.75, 3.05) is 13.2 Å². The van der Waals surface area contributed by atoms with Crippen LogP contribution < -0.4 is 0 Å². The number of carboxylic acid groups (broad SMARTS) is 1. The first kappa shape index (κ1) is 14.0. The molecule has 0 bridgehead atoms. The molecule has 0 aliphatic carbocycles. The summed E-state index contributed by atoms with van der Waals surface area (Å²) in [6.45, 7) is 2.86. The van der Waals surface area contributed by atoms with Crippen LogP contribution in [0.1, 0.15) is 39.0 Å². The van der Waals surface area contributed by atoms with Gasteiger partial charge in [0, 0.05) is 0 Å². The second kappa shape index (κ2) is 7.27. The molecule has 1 heterocycles. The summed E-state index contributed by atoms with van der Waals surface area (Å²) < 4.78 is 9.79. The Hall–Kier alpha value is -1.10. The Morgan fingerprint density at radius 2 is 2.12 bits per heavy atom. The molecule has 1 N–H and O–H groups in total. The van der Waals surface area contributed by atoms with Gasteiger partial charge in [0.2, 0.25) is 0 Å². The molecule has 0 aromatic carbocycles. The van der Waals surface area contributed by atoms with E-state index in [1.54, 1.807) is 0 Å². The maximum absolute atomic E-state index is 11.5. The number of carbonyl (C=O) groups is 2. The molecular formula is C12H20O5. The normalized spacial score (nSPS) is 19.7. The summed E-state index contributed by atoms with van der Waals surface area (Å²) in [6, 6.07) is 0. The van der Waals surface area contributed by atoms with Crippen LogP contribution in [0.5, 0.6) is 0 Å². The van der Waals surface area contributed by atoms with Crippen molar-refractivity contribution in [2.45, 2.75) is 45.1 Å². The highest BCUT2D eigenvalue weighted by Gasteiger charge is 2.30. The molecule has 2 unspecified atom stereocenters. The number of carbonyl (C=O) groups excluding carboxylic acids is 1. The molecule has 5 heteroatoms. The van der Waals surface area contributed by atoms with Crippen molar-refractivity contribution in [3.8, 4) is 0 Å². The number of epoxide rings is 1. The van der Waals surface area contributed by atoms with Crippen molar-refractivity contribution in [3.05, 3.63) is 0 Å². The van der Waals surface area contributed by atoms with E-state index in [9.17, 15) is 9.59 Å². The van der Waals surface area contributed by atoms with Gasteiger partial charge in [0.25, 0.3) is 0 Å². The number of ether oxygens (including phenoxy) is 2. The van der Waals surface area contributed by atoms with Crippen molar-refractivity contribution in [1.82, 2.24) is 0 Å². The lowest BCUT2D eigenvalue weighted by Crippen LogP contribution is -2.27. The number of rotatable bonds is 9. The van der Waals surface area contributed by atoms with Crippen molar-refractivity contribution in [3.63, 3.8) is 0 Å². The van der Waals surface area contributed by atoms with Crippen LogP contribution in [-0.2, 0) is 19.1 Å². The van der Waals surface area contributed by atoms with Gasteiger partial charge < -0.3 is 14.6 Å². The number of unbranched alkanes of at least 4 members (excludes halogenated alkanes) is 3. The minimum atomic E-state index is -1.09. The third-order valence-electron chi connectivity index (χ3n) is 2.74. The quantitative estimate of drug-likeness (QED) is 0.288. The van der Waals surface area contributed by atoms with Crippen molar-refractivity contribution in [1.29, 1.82) is 0 Å². The summed E-state index contributed by atoms with van der Waals surface area (Å²) >= 11 is 0. The van der Waals surface area contributed by atoms with Crippen LogP contribution in [0.2, 0.25) is 0 Å². The smallest absolute Gasteiger partial charge is 0.320 e. The second-order valence-corrected chi connectivity index (χ2v) is 4.33. The van der Waals surface area contributed by atoms with Gasteiger partial charge in [-0.15, -0.1) is 0 Å². The van der Waals surface area contributed by atoms with E-state index in [0.29, 0.717) is 13.0 Å². The lowest BCUT2D eigenvalue weighted by atomic mass is 10.0. The molecule has 1 aliphatic rings. The lowest BCUT2D eigenvalue weighted by Gasteiger charge is -2.11. The second-order valence-electron chi connectivity index (χ2n) is 4.33. The molecule has 1 aliphatic heterocycles. The van der Waals surface area contributed by atoms with E-state index in [-0.39, 0.29) is 12.7 Å². The zero-order chi connectivity index (χ0) is 12.7. The summed E-state index contributed by atoms with van der Waals surface area (Å²) in [5, 5.41) is 8.95. The number of aliphatic carboxylic acids is 1. The fourth-order valence-corrected chi connectivity index (χ4v) is 1.56. The van der Waals surface area contributed by atoms with E-state index in [0.717, 1.165) is 25.7 Å². The fraction of sp³-hybridized carbons (Fsp3) is 0.833. The van der Waals surface area contributed by atoms with Gasteiger partial charge in [-0.05, 0) is 6.42 Å². The summed E-state index contributed by atoms with van der Waals surface area (Å²) in [5.74, 6) is -2.75. The standard InChI is InChI=1S/C12H20O5/c1-2-3-4-5-6-10(11(13)14)12(15)17-8-9-7-16-9/h9-10H,2-8H2,1H3,(H,13,14). The van der Waals surface area contributed by atoms with Gasteiger partial charge in [0.15, 0.2) is 5.92 Å². The molecule has 0 aromatic rings. The van der Waals surface area contributed by atoms with Gasteiger partial charge in [-0.3, -0.25) is 9.59 Å². The van der Waals surface area contributed by atoms with E-state index in [1.807, 2.05) is 0 Å². The van der Waals surface area contributed by atoms with Gasteiger partial charge in [0.1, 0.15) is 12.7 Å².